The van der Waals surface area contributed by atoms with Crippen molar-refractivity contribution in [3.05, 3.63) is 58.6 Å². The third-order valence-corrected chi connectivity index (χ3v) is 4.19. The molecule has 0 saturated carbocycles. The lowest BCUT2D eigenvalue weighted by molar-refractivity contribution is -0.384. The first-order chi connectivity index (χ1) is 11.0. The summed E-state index contributed by atoms with van der Waals surface area (Å²) in [4.78, 5) is 23.6. The van der Waals surface area contributed by atoms with Crippen LogP contribution in [-0.2, 0) is 4.79 Å². The number of nitrogens with zero attached hydrogens (tertiary/aromatic N) is 1. The molecule has 0 fully saturated rings. The summed E-state index contributed by atoms with van der Waals surface area (Å²) in [6, 6.07) is 13.6. The SMILES string of the molecule is COc1ccc([N+](=O)[O-])cc1NC(=O)[C@@H](C)Sc1ccccc1. The molecule has 0 aliphatic rings. The molecule has 0 heterocycles. The molecule has 1 N–H and O–H groups in total. The highest BCUT2D eigenvalue weighted by Gasteiger charge is 2.18. The molecule has 0 unspecified atom stereocenters. The van der Waals surface area contributed by atoms with E-state index in [1.54, 1.807) is 6.92 Å². The molecule has 7 heteroatoms. The summed E-state index contributed by atoms with van der Waals surface area (Å²) >= 11 is 1.41. The van der Waals surface area contributed by atoms with E-state index in [1.807, 2.05) is 30.3 Å². The van der Waals surface area contributed by atoms with E-state index in [1.165, 1.54) is 37.1 Å². The van der Waals surface area contributed by atoms with Crippen molar-refractivity contribution in [3.63, 3.8) is 0 Å². The van der Waals surface area contributed by atoms with Gasteiger partial charge in [0.15, 0.2) is 0 Å². The Labute approximate surface area is 138 Å². The third-order valence-electron chi connectivity index (χ3n) is 3.08. The van der Waals surface area contributed by atoms with E-state index >= 15 is 0 Å². The number of amides is 1. The van der Waals surface area contributed by atoms with Crippen molar-refractivity contribution in [2.24, 2.45) is 0 Å². The van der Waals surface area contributed by atoms with Gasteiger partial charge in [-0.15, -0.1) is 11.8 Å². The zero-order valence-electron chi connectivity index (χ0n) is 12.7. The normalized spacial score (nSPS) is 11.6. The number of carbonyl (C=O) groups excluding carboxylic acids is 1. The second kappa shape index (κ2) is 7.64. The average Bonchev–Trinajstić information content (AvgIpc) is 2.55. The largest absolute Gasteiger partial charge is 0.495 e. The predicted molar refractivity (Wildman–Crippen MR) is 90.0 cm³/mol. The van der Waals surface area contributed by atoms with Gasteiger partial charge in [0.1, 0.15) is 5.75 Å². The number of rotatable bonds is 6. The zero-order chi connectivity index (χ0) is 16.8. The van der Waals surface area contributed by atoms with Crippen molar-refractivity contribution < 1.29 is 14.5 Å². The Morgan fingerprint density at radius 3 is 2.57 bits per heavy atom. The maximum atomic E-state index is 12.3. The summed E-state index contributed by atoms with van der Waals surface area (Å²) in [5, 5.41) is 13.2. The molecule has 0 bridgehead atoms. The first-order valence-electron chi connectivity index (χ1n) is 6.86. The second-order valence-corrected chi connectivity index (χ2v) is 6.12. The summed E-state index contributed by atoms with van der Waals surface area (Å²) in [7, 11) is 1.44. The van der Waals surface area contributed by atoms with Gasteiger partial charge in [0.05, 0.1) is 23.0 Å². The highest BCUT2D eigenvalue weighted by atomic mass is 32.2. The van der Waals surface area contributed by atoms with E-state index in [4.69, 9.17) is 4.74 Å². The molecule has 2 aromatic carbocycles. The van der Waals surface area contributed by atoms with Crippen LogP contribution in [0, 0.1) is 10.1 Å². The number of thioether (sulfide) groups is 1. The molecule has 0 aromatic heterocycles. The summed E-state index contributed by atoms with van der Waals surface area (Å²) in [6.07, 6.45) is 0. The van der Waals surface area contributed by atoms with E-state index in [2.05, 4.69) is 5.32 Å². The number of nitro groups is 1. The lowest BCUT2D eigenvalue weighted by atomic mass is 10.2. The fourth-order valence-electron chi connectivity index (χ4n) is 1.90. The number of hydrogen-bond donors (Lipinski definition) is 1. The van der Waals surface area contributed by atoms with Gasteiger partial charge in [0.2, 0.25) is 5.91 Å². The van der Waals surface area contributed by atoms with Crippen LogP contribution in [0.15, 0.2) is 53.4 Å². The van der Waals surface area contributed by atoms with Gasteiger partial charge >= 0.3 is 0 Å². The van der Waals surface area contributed by atoms with Crippen LogP contribution in [0.2, 0.25) is 0 Å². The van der Waals surface area contributed by atoms with E-state index in [0.29, 0.717) is 5.75 Å². The van der Waals surface area contributed by atoms with Crippen molar-refractivity contribution >= 4 is 29.0 Å². The van der Waals surface area contributed by atoms with Gasteiger partial charge in [-0.2, -0.15) is 0 Å². The van der Waals surface area contributed by atoms with Gasteiger partial charge in [-0.25, -0.2) is 0 Å². The molecule has 0 aliphatic heterocycles. The van der Waals surface area contributed by atoms with Gasteiger partial charge < -0.3 is 10.1 Å². The first-order valence-corrected chi connectivity index (χ1v) is 7.74. The molecule has 0 spiro atoms. The van der Waals surface area contributed by atoms with Crippen molar-refractivity contribution in [1.82, 2.24) is 0 Å². The minimum atomic E-state index is -0.517. The average molecular weight is 332 g/mol. The molecule has 2 aromatic rings. The highest BCUT2D eigenvalue weighted by Crippen LogP contribution is 2.30. The summed E-state index contributed by atoms with van der Waals surface area (Å²) in [5.74, 6) is 0.124. The van der Waals surface area contributed by atoms with Gasteiger partial charge in [-0.3, -0.25) is 14.9 Å². The van der Waals surface area contributed by atoms with Crippen LogP contribution in [0.3, 0.4) is 0 Å². The van der Waals surface area contributed by atoms with Crippen molar-refractivity contribution in [2.75, 3.05) is 12.4 Å². The lowest BCUT2D eigenvalue weighted by Gasteiger charge is -2.14. The standard InChI is InChI=1S/C16H16N2O4S/c1-11(23-13-6-4-3-5-7-13)16(19)17-14-10-12(18(20)21)8-9-15(14)22-2/h3-11H,1-2H3,(H,17,19)/t11-/m1/s1. The number of anilines is 1. The number of hydrogen-bond acceptors (Lipinski definition) is 5. The van der Waals surface area contributed by atoms with Gasteiger partial charge in [0.25, 0.3) is 5.69 Å². The Kier molecular flexibility index (Phi) is 5.59. The van der Waals surface area contributed by atoms with Crippen LogP contribution in [0.5, 0.6) is 5.75 Å². The number of ether oxygens (including phenoxy) is 1. The number of methoxy groups -OCH3 is 1. The van der Waals surface area contributed by atoms with Crippen LogP contribution in [-0.4, -0.2) is 23.2 Å². The quantitative estimate of drug-likeness (QED) is 0.495. The number of carbonyl (C=O) groups is 1. The molecule has 1 amide bonds. The number of non-ortho nitro benzene ring substituents is 1. The van der Waals surface area contributed by atoms with Gasteiger partial charge in [-0.1, -0.05) is 18.2 Å². The minimum Gasteiger partial charge on any atom is -0.495 e. The Balaban J connectivity index is 2.12. The molecular weight excluding hydrogens is 316 g/mol. The first kappa shape index (κ1) is 16.8. The zero-order valence-corrected chi connectivity index (χ0v) is 13.5. The molecule has 0 aliphatic carbocycles. The molecule has 0 radical (unpaired) electrons. The topological polar surface area (TPSA) is 81.5 Å². The Morgan fingerprint density at radius 2 is 1.96 bits per heavy atom. The smallest absolute Gasteiger partial charge is 0.271 e. The fraction of sp³-hybridized carbons (Fsp3) is 0.188. The summed E-state index contributed by atoms with van der Waals surface area (Å²) in [6.45, 7) is 1.77. The number of nitro benzene ring substituents is 1. The highest BCUT2D eigenvalue weighted by molar-refractivity contribution is 8.00. The van der Waals surface area contributed by atoms with Crippen LogP contribution in [0.1, 0.15) is 6.92 Å². The van der Waals surface area contributed by atoms with Crippen molar-refractivity contribution in [2.45, 2.75) is 17.1 Å². The second-order valence-electron chi connectivity index (χ2n) is 4.70. The lowest BCUT2D eigenvalue weighted by Crippen LogP contribution is -2.22. The molecule has 2 rings (SSSR count). The van der Waals surface area contributed by atoms with E-state index in [-0.39, 0.29) is 22.5 Å². The predicted octanol–water partition coefficient (Wildman–Crippen LogP) is 3.72. The van der Waals surface area contributed by atoms with Crippen molar-refractivity contribution in [1.29, 1.82) is 0 Å². The molecule has 6 nitrogen and oxygen atoms in total. The maximum Gasteiger partial charge on any atom is 0.271 e. The molecule has 1 atom stereocenters. The van der Waals surface area contributed by atoms with Crippen molar-refractivity contribution in [3.8, 4) is 5.75 Å². The summed E-state index contributed by atoms with van der Waals surface area (Å²) < 4.78 is 5.13. The molecule has 120 valence electrons. The van der Waals surface area contributed by atoms with E-state index in [9.17, 15) is 14.9 Å². The monoisotopic (exact) mass is 332 g/mol. The van der Waals surface area contributed by atoms with Crippen LogP contribution >= 0.6 is 11.8 Å². The van der Waals surface area contributed by atoms with Gasteiger partial charge in [-0.05, 0) is 25.1 Å². The number of nitrogens with one attached hydrogen (secondary N) is 1. The maximum absolute atomic E-state index is 12.3. The van der Waals surface area contributed by atoms with Crippen LogP contribution < -0.4 is 10.1 Å². The molecule has 23 heavy (non-hydrogen) atoms. The van der Waals surface area contributed by atoms with E-state index in [0.717, 1.165) is 4.90 Å². The fourth-order valence-corrected chi connectivity index (χ4v) is 2.79. The third kappa shape index (κ3) is 4.46. The number of benzene rings is 2. The minimum absolute atomic E-state index is 0.107. The summed E-state index contributed by atoms with van der Waals surface area (Å²) in [5.41, 5.74) is 0.177. The molecular formula is C16H16N2O4S. The molecule has 0 saturated heterocycles. The Morgan fingerprint density at radius 1 is 1.26 bits per heavy atom. The Hall–Kier alpha value is -2.54. The van der Waals surface area contributed by atoms with Crippen LogP contribution in [0.4, 0.5) is 11.4 Å². The van der Waals surface area contributed by atoms with Crippen LogP contribution in [0.25, 0.3) is 0 Å². The Bertz CT molecular complexity index is 706. The van der Waals surface area contributed by atoms with Gasteiger partial charge in [0, 0.05) is 17.0 Å². The van der Waals surface area contributed by atoms with E-state index < -0.39 is 4.92 Å².